The van der Waals surface area contributed by atoms with Crippen LogP contribution in [0.3, 0.4) is 0 Å². The first-order valence-corrected chi connectivity index (χ1v) is 22.8. The molecule has 0 amide bonds. The van der Waals surface area contributed by atoms with Crippen molar-refractivity contribution in [2.45, 2.75) is 73.3 Å². The Bertz CT molecular complexity index is 2750. The van der Waals surface area contributed by atoms with E-state index in [0.717, 1.165) is 101 Å². The second-order valence-corrected chi connectivity index (χ2v) is 18.7. The first-order chi connectivity index (χ1) is 28.7. The molecule has 4 aliphatic rings. The molecular weight excluding hydrogens is 798 g/mol. The van der Waals surface area contributed by atoms with Crippen LogP contribution in [0.15, 0.2) is 83.8 Å². The summed E-state index contributed by atoms with van der Waals surface area (Å²) >= 11 is 11.0. The number of carbonyl (C=O) groups excluding carboxylic acids is 1. The number of esters is 1. The minimum atomic E-state index is -0.366. The van der Waals surface area contributed by atoms with Crippen molar-refractivity contribution in [2.75, 3.05) is 20.8 Å². The highest BCUT2D eigenvalue weighted by Crippen LogP contribution is 2.63. The van der Waals surface area contributed by atoms with Crippen LogP contribution in [0.1, 0.15) is 70.1 Å². The number of thioether (sulfide) groups is 2. The van der Waals surface area contributed by atoms with E-state index in [2.05, 4.69) is 77.0 Å². The Labute approximate surface area is 357 Å². The molecule has 11 rings (SSSR count). The smallest absolute Gasteiger partial charge is 0.354 e. The molecule has 0 spiro atoms. The lowest BCUT2D eigenvalue weighted by molar-refractivity contribution is -0.0993. The maximum Gasteiger partial charge on any atom is 0.354 e. The van der Waals surface area contributed by atoms with E-state index in [1.807, 2.05) is 41.6 Å². The van der Waals surface area contributed by atoms with Gasteiger partial charge in [0.15, 0.2) is 0 Å². The summed E-state index contributed by atoms with van der Waals surface area (Å²) in [6.45, 7) is 3.24. The van der Waals surface area contributed by atoms with Crippen LogP contribution in [-0.4, -0.2) is 50.9 Å². The van der Waals surface area contributed by atoms with Crippen LogP contribution < -0.4 is 9.47 Å². The molecule has 59 heavy (non-hydrogen) atoms. The summed E-state index contributed by atoms with van der Waals surface area (Å²) in [5.41, 5.74) is 9.95. The normalized spacial score (nSPS) is 19.0. The molecule has 302 valence electrons. The first kappa shape index (κ1) is 38.4. The fourth-order valence-corrected chi connectivity index (χ4v) is 11.7. The van der Waals surface area contributed by atoms with Gasteiger partial charge in [-0.1, -0.05) is 54.1 Å². The van der Waals surface area contributed by atoms with Crippen molar-refractivity contribution in [3.63, 3.8) is 0 Å². The third-order valence-corrected chi connectivity index (χ3v) is 14.9. The number of aryl methyl sites for hydroxylation is 3. The Morgan fingerprint density at radius 1 is 0.949 bits per heavy atom. The SMILES string of the molecule is COC(=O)c1c2c3ccc(Cl)c(c3n1C)-c1c(C)nn(C34CC(C3)C4)c1CSCc1cc(n(Cc3ccc(OC)cc3)n1)CSc1cc(c3ccccc3c1)OCCC2. The third-order valence-electron chi connectivity index (χ3n) is 12.6. The maximum atomic E-state index is 13.6. The van der Waals surface area contributed by atoms with Crippen LogP contribution in [-0.2, 0) is 47.5 Å². The maximum absolute atomic E-state index is 13.6. The van der Waals surface area contributed by atoms with Gasteiger partial charge in [0.25, 0.3) is 0 Å². The summed E-state index contributed by atoms with van der Waals surface area (Å²) in [6, 6.07) is 27.3. The molecule has 9 nitrogen and oxygen atoms in total. The molecule has 4 heterocycles. The number of halogens is 1. The van der Waals surface area contributed by atoms with Crippen LogP contribution in [0, 0.1) is 12.8 Å². The minimum Gasteiger partial charge on any atom is -0.497 e. The number of aromatic nitrogens is 5. The molecule has 3 aromatic heterocycles. The van der Waals surface area contributed by atoms with Gasteiger partial charge >= 0.3 is 5.97 Å². The van der Waals surface area contributed by atoms with E-state index in [4.69, 9.17) is 36.0 Å². The fourth-order valence-electron chi connectivity index (χ4n) is 9.60. The van der Waals surface area contributed by atoms with E-state index >= 15 is 0 Å². The van der Waals surface area contributed by atoms with Gasteiger partial charge in [-0.2, -0.15) is 10.2 Å². The van der Waals surface area contributed by atoms with Gasteiger partial charge in [-0.25, -0.2) is 4.79 Å². The molecule has 0 unspecified atom stereocenters. The summed E-state index contributed by atoms with van der Waals surface area (Å²) in [5, 5.41) is 14.4. The number of rotatable bonds is 5. The fraction of sp³-hybridized carbons (Fsp3) is 0.340. The molecule has 0 radical (unpaired) electrons. The molecule has 1 aliphatic heterocycles. The van der Waals surface area contributed by atoms with Gasteiger partial charge in [-0.05, 0) is 97.9 Å². The summed E-state index contributed by atoms with van der Waals surface area (Å²) in [4.78, 5) is 14.8. The second-order valence-electron chi connectivity index (χ2n) is 16.2. The van der Waals surface area contributed by atoms with Crippen molar-refractivity contribution in [1.29, 1.82) is 0 Å². The lowest BCUT2D eigenvalue weighted by Crippen LogP contribution is -2.60. The highest BCUT2D eigenvalue weighted by atomic mass is 35.5. The topological polar surface area (TPSA) is 85.3 Å². The molecule has 7 aromatic rings. The zero-order valence-electron chi connectivity index (χ0n) is 33.7. The number of hydrogen-bond acceptors (Lipinski definition) is 8. The Balaban J connectivity index is 1.10. The van der Waals surface area contributed by atoms with Gasteiger partial charge in [0.1, 0.15) is 17.2 Å². The molecule has 0 N–H and O–H groups in total. The zero-order valence-corrected chi connectivity index (χ0v) is 36.1. The van der Waals surface area contributed by atoms with Crippen molar-refractivity contribution in [1.82, 2.24) is 24.1 Å². The lowest BCUT2D eigenvalue weighted by Gasteiger charge is -2.61. The molecule has 0 saturated heterocycles. The van der Waals surface area contributed by atoms with Crippen LogP contribution >= 0.6 is 35.1 Å². The van der Waals surface area contributed by atoms with Crippen molar-refractivity contribution < 1.29 is 19.0 Å². The lowest BCUT2D eigenvalue weighted by atomic mass is 9.50. The van der Waals surface area contributed by atoms with Crippen LogP contribution in [0.4, 0.5) is 0 Å². The number of nitrogens with zero attached hydrogens (tertiary/aromatic N) is 5. The molecule has 12 heteroatoms. The summed E-state index contributed by atoms with van der Waals surface area (Å²) in [6.07, 6.45) is 4.83. The Kier molecular flexibility index (Phi) is 9.96. The van der Waals surface area contributed by atoms with E-state index in [-0.39, 0.29) is 11.5 Å². The summed E-state index contributed by atoms with van der Waals surface area (Å²) < 4.78 is 24.0. The van der Waals surface area contributed by atoms with Crippen molar-refractivity contribution in [3.05, 3.63) is 123 Å². The number of ether oxygens (including phenoxy) is 3. The number of fused-ring (bicyclic) bond motifs is 8. The predicted molar refractivity (Wildman–Crippen MR) is 237 cm³/mol. The molecule has 3 saturated carbocycles. The van der Waals surface area contributed by atoms with Crippen LogP contribution in [0.25, 0.3) is 32.8 Å². The Morgan fingerprint density at radius 2 is 1.76 bits per heavy atom. The van der Waals surface area contributed by atoms with Gasteiger partial charge in [0.2, 0.25) is 0 Å². The van der Waals surface area contributed by atoms with Crippen LogP contribution in [0.2, 0.25) is 5.02 Å². The van der Waals surface area contributed by atoms with Crippen molar-refractivity contribution in [3.8, 4) is 22.6 Å². The molecule has 3 fully saturated rings. The van der Waals surface area contributed by atoms with E-state index in [9.17, 15) is 4.79 Å². The minimum absolute atomic E-state index is 0.0680. The Hall–Kier alpha value is -4.84. The van der Waals surface area contributed by atoms with Gasteiger partial charge in [0, 0.05) is 56.8 Å². The van der Waals surface area contributed by atoms with Gasteiger partial charge in [-0.3, -0.25) is 9.36 Å². The standard InChI is InChI=1S/C47H46ClN5O4S2/c1-28-42-40(53(49-28)47-21-30(22-47)23-47)27-58-25-32-19-33(52(50-32)24-29-11-13-34(55-3)14-12-29)26-59-35-18-31-8-5-6-9-36(31)41(20-35)57-17-7-10-37-38-15-16-39(48)43(42)44(38)51(2)45(37)46(54)56-4/h5-6,8-9,11-16,18-20,30H,7,10,17,21-27H2,1-4H3. The highest BCUT2D eigenvalue weighted by molar-refractivity contribution is 7.98. The average Bonchev–Trinajstić information content (AvgIpc) is 3.84. The van der Waals surface area contributed by atoms with Gasteiger partial charge in [0.05, 0.1) is 60.5 Å². The Morgan fingerprint density at radius 3 is 2.53 bits per heavy atom. The first-order valence-electron chi connectivity index (χ1n) is 20.3. The van der Waals surface area contributed by atoms with E-state index in [1.165, 1.54) is 32.1 Å². The average molecular weight is 845 g/mol. The second kappa shape index (κ2) is 15.3. The van der Waals surface area contributed by atoms with E-state index < -0.39 is 0 Å². The van der Waals surface area contributed by atoms with Gasteiger partial charge in [-0.15, -0.1) is 23.5 Å². The van der Waals surface area contributed by atoms with Crippen LogP contribution in [0.5, 0.6) is 11.5 Å². The summed E-state index contributed by atoms with van der Waals surface area (Å²) in [5.74, 6) is 4.34. The number of methoxy groups -OCH3 is 2. The molecular formula is C47H46ClN5O4S2. The number of hydrogen-bond donors (Lipinski definition) is 0. The molecule has 10 bridgehead atoms. The van der Waals surface area contributed by atoms with Gasteiger partial charge < -0.3 is 18.8 Å². The molecule has 3 aliphatic carbocycles. The monoisotopic (exact) mass is 843 g/mol. The zero-order chi connectivity index (χ0) is 40.4. The molecule has 0 atom stereocenters. The molecule has 4 aromatic carbocycles. The third kappa shape index (κ3) is 6.70. The largest absolute Gasteiger partial charge is 0.497 e. The number of benzene rings is 4. The highest BCUT2D eigenvalue weighted by Gasteiger charge is 2.59. The quantitative estimate of drug-likeness (QED) is 0.158. The van der Waals surface area contributed by atoms with Crippen molar-refractivity contribution in [2.24, 2.45) is 13.0 Å². The predicted octanol–water partition coefficient (Wildman–Crippen LogP) is 10.8. The van der Waals surface area contributed by atoms with Crippen molar-refractivity contribution >= 4 is 62.8 Å². The van der Waals surface area contributed by atoms with E-state index in [1.54, 1.807) is 18.9 Å². The summed E-state index contributed by atoms with van der Waals surface area (Å²) in [7, 11) is 5.10. The van der Waals surface area contributed by atoms with E-state index in [0.29, 0.717) is 36.7 Å². The number of carbonyl (C=O) groups is 1.